The standard InChI is InChI=1S/C17H20N2O3/c1-17(2,3)13-6-4-12(5-7-13)11-22-16-10-14(19(20)21)8-9-15(16)18/h4-10H,11,18H2,1-3H3. The minimum atomic E-state index is -0.468. The van der Waals surface area contributed by atoms with E-state index in [0.717, 1.165) is 5.56 Å². The first kappa shape index (κ1) is 15.8. The van der Waals surface area contributed by atoms with Gasteiger partial charge in [-0.1, -0.05) is 45.0 Å². The zero-order valence-corrected chi connectivity index (χ0v) is 13.0. The van der Waals surface area contributed by atoms with Gasteiger partial charge < -0.3 is 10.5 Å². The first-order valence-corrected chi connectivity index (χ1v) is 7.03. The number of ether oxygens (including phenoxy) is 1. The number of non-ortho nitro benzene ring substituents is 1. The maximum Gasteiger partial charge on any atom is 0.273 e. The van der Waals surface area contributed by atoms with E-state index in [9.17, 15) is 10.1 Å². The van der Waals surface area contributed by atoms with Crippen molar-refractivity contribution in [1.29, 1.82) is 0 Å². The maximum absolute atomic E-state index is 10.8. The fourth-order valence-corrected chi connectivity index (χ4v) is 2.02. The first-order valence-electron chi connectivity index (χ1n) is 7.03. The molecule has 116 valence electrons. The number of hydrogen-bond acceptors (Lipinski definition) is 4. The third kappa shape index (κ3) is 3.75. The van der Waals surface area contributed by atoms with Crippen molar-refractivity contribution >= 4 is 11.4 Å². The molecule has 0 bridgehead atoms. The van der Waals surface area contributed by atoms with Gasteiger partial charge in [0.15, 0.2) is 0 Å². The van der Waals surface area contributed by atoms with Crippen LogP contribution in [-0.4, -0.2) is 4.92 Å². The molecule has 0 saturated heterocycles. The highest BCUT2D eigenvalue weighted by molar-refractivity contribution is 5.57. The lowest BCUT2D eigenvalue weighted by Gasteiger charge is -2.19. The Morgan fingerprint density at radius 2 is 1.77 bits per heavy atom. The van der Waals surface area contributed by atoms with Crippen LogP contribution < -0.4 is 10.5 Å². The monoisotopic (exact) mass is 300 g/mol. The number of hydrogen-bond donors (Lipinski definition) is 1. The van der Waals surface area contributed by atoms with Gasteiger partial charge in [0.05, 0.1) is 16.7 Å². The van der Waals surface area contributed by atoms with Gasteiger partial charge in [-0.3, -0.25) is 10.1 Å². The molecule has 0 spiro atoms. The second-order valence-corrected chi connectivity index (χ2v) is 6.21. The fourth-order valence-electron chi connectivity index (χ4n) is 2.02. The Bertz CT molecular complexity index is 673. The molecule has 2 rings (SSSR count). The molecule has 0 aromatic heterocycles. The molecular weight excluding hydrogens is 280 g/mol. The Labute approximate surface area is 129 Å². The molecule has 0 fully saturated rings. The summed E-state index contributed by atoms with van der Waals surface area (Å²) in [4.78, 5) is 10.3. The highest BCUT2D eigenvalue weighted by Crippen LogP contribution is 2.28. The van der Waals surface area contributed by atoms with E-state index in [0.29, 0.717) is 18.0 Å². The minimum absolute atomic E-state index is 0.0349. The van der Waals surface area contributed by atoms with Crippen molar-refractivity contribution in [2.45, 2.75) is 32.8 Å². The van der Waals surface area contributed by atoms with E-state index in [-0.39, 0.29) is 11.1 Å². The molecule has 2 aromatic carbocycles. The van der Waals surface area contributed by atoms with E-state index in [1.807, 2.05) is 12.1 Å². The van der Waals surface area contributed by atoms with Crippen molar-refractivity contribution in [3.05, 3.63) is 63.7 Å². The quantitative estimate of drug-likeness (QED) is 0.525. The van der Waals surface area contributed by atoms with Gasteiger partial charge in [-0.25, -0.2) is 0 Å². The number of nitrogen functional groups attached to an aromatic ring is 1. The van der Waals surface area contributed by atoms with Gasteiger partial charge in [0, 0.05) is 6.07 Å². The van der Waals surface area contributed by atoms with Crippen LogP contribution in [-0.2, 0) is 12.0 Å². The molecule has 5 nitrogen and oxygen atoms in total. The second-order valence-electron chi connectivity index (χ2n) is 6.21. The molecule has 0 aliphatic heterocycles. The van der Waals surface area contributed by atoms with E-state index < -0.39 is 4.92 Å². The van der Waals surface area contributed by atoms with Gasteiger partial charge in [-0.2, -0.15) is 0 Å². The molecule has 2 aromatic rings. The average molecular weight is 300 g/mol. The summed E-state index contributed by atoms with van der Waals surface area (Å²) in [7, 11) is 0. The van der Waals surface area contributed by atoms with Crippen molar-refractivity contribution in [1.82, 2.24) is 0 Å². The van der Waals surface area contributed by atoms with Crippen molar-refractivity contribution < 1.29 is 9.66 Å². The molecule has 2 N–H and O–H groups in total. The van der Waals surface area contributed by atoms with Crippen LogP contribution >= 0.6 is 0 Å². The van der Waals surface area contributed by atoms with Gasteiger partial charge in [0.25, 0.3) is 5.69 Å². The number of nitro groups is 1. The topological polar surface area (TPSA) is 78.4 Å². The highest BCUT2D eigenvalue weighted by Gasteiger charge is 2.13. The van der Waals surface area contributed by atoms with E-state index in [1.54, 1.807) is 0 Å². The number of nitrogens with two attached hydrogens (primary N) is 1. The average Bonchev–Trinajstić information content (AvgIpc) is 2.45. The minimum Gasteiger partial charge on any atom is -0.486 e. The molecule has 0 aliphatic carbocycles. The Hall–Kier alpha value is -2.56. The summed E-state index contributed by atoms with van der Waals surface area (Å²) in [6, 6.07) is 12.3. The van der Waals surface area contributed by atoms with Crippen molar-refractivity contribution in [2.75, 3.05) is 5.73 Å². The fraction of sp³-hybridized carbons (Fsp3) is 0.294. The lowest BCUT2D eigenvalue weighted by Crippen LogP contribution is -2.10. The van der Waals surface area contributed by atoms with Gasteiger partial charge in [-0.15, -0.1) is 0 Å². The summed E-state index contributed by atoms with van der Waals surface area (Å²) in [5, 5.41) is 10.8. The van der Waals surface area contributed by atoms with Crippen LogP contribution in [0.5, 0.6) is 5.75 Å². The summed E-state index contributed by atoms with van der Waals surface area (Å²) < 4.78 is 5.61. The van der Waals surface area contributed by atoms with Gasteiger partial charge in [0.2, 0.25) is 0 Å². The second kappa shape index (κ2) is 6.05. The lowest BCUT2D eigenvalue weighted by atomic mass is 9.87. The summed E-state index contributed by atoms with van der Waals surface area (Å²) in [5.74, 6) is 0.328. The SMILES string of the molecule is CC(C)(C)c1ccc(COc2cc([N+](=O)[O-])ccc2N)cc1. The molecule has 0 heterocycles. The van der Waals surface area contributed by atoms with Gasteiger partial charge >= 0.3 is 0 Å². The Morgan fingerprint density at radius 1 is 1.14 bits per heavy atom. The molecule has 0 aliphatic rings. The molecule has 0 radical (unpaired) electrons. The number of nitrogens with zero attached hydrogens (tertiary/aromatic N) is 1. The third-order valence-corrected chi connectivity index (χ3v) is 3.42. The molecule has 5 heteroatoms. The molecule has 0 atom stereocenters. The Kier molecular flexibility index (Phi) is 4.35. The third-order valence-electron chi connectivity index (χ3n) is 3.42. The smallest absolute Gasteiger partial charge is 0.273 e. The largest absolute Gasteiger partial charge is 0.486 e. The zero-order chi connectivity index (χ0) is 16.3. The maximum atomic E-state index is 10.8. The van der Waals surface area contributed by atoms with Gasteiger partial charge in [0.1, 0.15) is 12.4 Å². The Morgan fingerprint density at radius 3 is 2.32 bits per heavy atom. The zero-order valence-electron chi connectivity index (χ0n) is 13.0. The molecule has 22 heavy (non-hydrogen) atoms. The van der Waals surface area contributed by atoms with Crippen LogP contribution in [0.2, 0.25) is 0 Å². The van der Waals surface area contributed by atoms with Gasteiger partial charge in [-0.05, 0) is 22.6 Å². The van der Waals surface area contributed by atoms with Crippen molar-refractivity contribution in [3.8, 4) is 5.75 Å². The predicted molar refractivity (Wildman–Crippen MR) is 87.0 cm³/mol. The van der Waals surface area contributed by atoms with Crippen molar-refractivity contribution in [3.63, 3.8) is 0 Å². The van der Waals surface area contributed by atoms with Crippen LogP contribution in [0.1, 0.15) is 31.9 Å². The number of benzene rings is 2. The lowest BCUT2D eigenvalue weighted by molar-refractivity contribution is -0.384. The van der Waals surface area contributed by atoms with Crippen LogP contribution in [0.4, 0.5) is 11.4 Å². The first-order chi connectivity index (χ1) is 10.3. The van der Waals surface area contributed by atoms with E-state index >= 15 is 0 Å². The number of rotatable bonds is 4. The molecule has 0 saturated carbocycles. The molecular formula is C17H20N2O3. The molecule has 0 unspecified atom stereocenters. The molecule has 0 amide bonds. The van der Waals surface area contributed by atoms with E-state index in [4.69, 9.17) is 10.5 Å². The predicted octanol–water partition coefficient (Wildman–Crippen LogP) is 4.05. The van der Waals surface area contributed by atoms with Crippen LogP contribution in [0.15, 0.2) is 42.5 Å². The summed E-state index contributed by atoms with van der Waals surface area (Å²) >= 11 is 0. The highest BCUT2D eigenvalue weighted by atomic mass is 16.6. The normalized spacial score (nSPS) is 11.2. The Balaban J connectivity index is 2.10. The summed E-state index contributed by atoms with van der Waals surface area (Å²) in [6.45, 7) is 6.78. The van der Waals surface area contributed by atoms with E-state index in [1.165, 1.54) is 23.8 Å². The van der Waals surface area contributed by atoms with Crippen molar-refractivity contribution in [2.24, 2.45) is 0 Å². The van der Waals surface area contributed by atoms with Crippen LogP contribution in [0, 0.1) is 10.1 Å². The van der Waals surface area contributed by atoms with Crippen LogP contribution in [0.25, 0.3) is 0 Å². The summed E-state index contributed by atoms with van der Waals surface area (Å²) in [5.41, 5.74) is 8.47. The van der Waals surface area contributed by atoms with Crippen LogP contribution in [0.3, 0.4) is 0 Å². The van der Waals surface area contributed by atoms with E-state index in [2.05, 4.69) is 32.9 Å². The summed E-state index contributed by atoms with van der Waals surface area (Å²) in [6.07, 6.45) is 0. The number of anilines is 1. The number of nitro benzene ring substituents is 1.